The lowest BCUT2D eigenvalue weighted by Gasteiger charge is -2.33. The Labute approximate surface area is 170 Å². The predicted molar refractivity (Wildman–Crippen MR) is 115 cm³/mol. The first-order valence-corrected chi connectivity index (χ1v) is 9.85. The number of anilines is 2. The summed E-state index contributed by atoms with van der Waals surface area (Å²) < 4.78 is 10.9. The second-order valence-electron chi connectivity index (χ2n) is 6.86. The van der Waals surface area contributed by atoms with Crippen LogP contribution in [0, 0.1) is 0 Å². The van der Waals surface area contributed by atoms with Gasteiger partial charge in [0.05, 0.1) is 18.6 Å². The predicted octanol–water partition coefficient (Wildman–Crippen LogP) is 3.00. The SMILES string of the molecule is CCN(CC)c1ccc(N2C(N)=c3ccoc3=NC2c2ccc(OC)cc2)cc1. The molecule has 6 nitrogen and oxygen atoms in total. The van der Waals surface area contributed by atoms with Crippen molar-refractivity contribution in [2.45, 2.75) is 20.0 Å². The lowest BCUT2D eigenvalue weighted by molar-refractivity contribution is 0.414. The van der Waals surface area contributed by atoms with E-state index >= 15 is 0 Å². The smallest absolute Gasteiger partial charge is 0.227 e. The van der Waals surface area contributed by atoms with Crippen LogP contribution in [0.25, 0.3) is 5.82 Å². The number of benzene rings is 2. The number of nitrogens with zero attached hydrogens (tertiary/aromatic N) is 3. The van der Waals surface area contributed by atoms with Crippen LogP contribution in [0.15, 0.2) is 70.3 Å². The standard InChI is InChI=1S/C23H26N4O2/c1-4-26(5-2)17-8-10-18(11-9-17)27-21(24)20-14-15-29-23(20)25-22(27)16-6-12-19(28-3)13-7-16/h6-15,22H,4-5,24H2,1-3H3. The van der Waals surface area contributed by atoms with E-state index in [1.165, 1.54) is 5.69 Å². The van der Waals surface area contributed by atoms with Gasteiger partial charge >= 0.3 is 0 Å². The van der Waals surface area contributed by atoms with Gasteiger partial charge in [0.25, 0.3) is 0 Å². The Balaban J connectivity index is 1.79. The first kappa shape index (κ1) is 18.9. The number of fused-ring (bicyclic) bond motifs is 1. The van der Waals surface area contributed by atoms with Gasteiger partial charge in [0, 0.05) is 24.5 Å². The Morgan fingerprint density at radius 2 is 1.72 bits per heavy atom. The fraction of sp³-hybridized carbons (Fsp3) is 0.261. The van der Waals surface area contributed by atoms with Crippen molar-refractivity contribution in [1.82, 2.24) is 0 Å². The maximum atomic E-state index is 6.59. The minimum Gasteiger partial charge on any atom is -0.497 e. The van der Waals surface area contributed by atoms with Gasteiger partial charge in [-0.15, -0.1) is 0 Å². The molecule has 1 aliphatic rings. The summed E-state index contributed by atoms with van der Waals surface area (Å²) in [5.74, 6) is 1.43. The third kappa shape index (κ3) is 3.42. The summed E-state index contributed by atoms with van der Waals surface area (Å²) in [5.41, 5.74) is 10.3. The van der Waals surface area contributed by atoms with Gasteiger partial charge in [0.15, 0.2) is 6.17 Å². The van der Waals surface area contributed by atoms with Gasteiger partial charge in [-0.2, -0.15) is 0 Å². The van der Waals surface area contributed by atoms with Crippen molar-refractivity contribution in [2.75, 3.05) is 30.0 Å². The molecule has 150 valence electrons. The third-order valence-corrected chi connectivity index (χ3v) is 5.33. The van der Waals surface area contributed by atoms with E-state index in [4.69, 9.17) is 19.9 Å². The van der Waals surface area contributed by atoms with Crippen molar-refractivity contribution in [3.8, 4) is 5.75 Å². The molecule has 0 saturated heterocycles. The maximum Gasteiger partial charge on any atom is 0.227 e. The quantitative estimate of drug-likeness (QED) is 0.701. The number of methoxy groups -OCH3 is 1. The Bertz CT molecular complexity index is 1080. The molecule has 0 aliphatic carbocycles. The van der Waals surface area contributed by atoms with Gasteiger partial charge in [0.2, 0.25) is 5.55 Å². The summed E-state index contributed by atoms with van der Waals surface area (Å²) in [6, 6.07) is 18.2. The molecule has 3 aromatic rings. The molecule has 29 heavy (non-hydrogen) atoms. The maximum absolute atomic E-state index is 6.59. The summed E-state index contributed by atoms with van der Waals surface area (Å²) in [6.07, 6.45) is 1.30. The zero-order valence-corrected chi connectivity index (χ0v) is 17.0. The number of rotatable bonds is 6. The van der Waals surface area contributed by atoms with E-state index in [1.807, 2.05) is 35.2 Å². The van der Waals surface area contributed by atoms with Crippen LogP contribution < -0.4 is 31.0 Å². The molecule has 4 rings (SSSR count). The van der Waals surface area contributed by atoms with Crippen LogP contribution in [0.3, 0.4) is 0 Å². The highest BCUT2D eigenvalue weighted by Gasteiger charge is 2.27. The molecule has 6 heteroatoms. The van der Waals surface area contributed by atoms with E-state index in [-0.39, 0.29) is 6.17 Å². The van der Waals surface area contributed by atoms with Gasteiger partial charge in [-0.25, -0.2) is 4.99 Å². The minimum absolute atomic E-state index is 0.321. The van der Waals surface area contributed by atoms with Crippen molar-refractivity contribution >= 4 is 17.2 Å². The molecule has 1 atom stereocenters. The summed E-state index contributed by atoms with van der Waals surface area (Å²) in [6.45, 7) is 6.26. The molecule has 0 radical (unpaired) electrons. The van der Waals surface area contributed by atoms with Crippen LogP contribution in [0.2, 0.25) is 0 Å². The van der Waals surface area contributed by atoms with Crippen LogP contribution in [0.4, 0.5) is 11.4 Å². The van der Waals surface area contributed by atoms with Gasteiger partial charge < -0.3 is 24.7 Å². The van der Waals surface area contributed by atoms with E-state index in [1.54, 1.807) is 13.4 Å². The van der Waals surface area contributed by atoms with Gasteiger partial charge in [-0.3, -0.25) is 0 Å². The average molecular weight is 390 g/mol. The highest BCUT2D eigenvalue weighted by molar-refractivity contribution is 5.70. The van der Waals surface area contributed by atoms with E-state index < -0.39 is 0 Å². The topological polar surface area (TPSA) is 67.2 Å². The normalized spacial score (nSPS) is 15.6. The first-order valence-electron chi connectivity index (χ1n) is 9.85. The lowest BCUT2D eigenvalue weighted by atomic mass is 10.1. The monoisotopic (exact) mass is 390 g/mol. The van der Waals surface area contributed by atoms with Gasteiger partial charge in [0.1, 0.15) is 11.6 Å². The molecule has 0 saturated carbocycles. The number of furan rings is 1. The molecule has 2 aromatic carbocycles. The van der Waals surface area contributed by atoms with Crippen LogP contribution in [-0.4, -0.2) is 20.2 Å². The molecule has 1 unspecified atom stereocenters. The Morgan fingerprint density at radius 3 is 2.34 bits per heavy atom. The van der Waals surface area contributed by atoms with Crippen LogP contribution in [0.1, 0.15) is 25.6 Å². The number of hydrogen-bond donors (Lipinski definition) is 1. The zero-order valence-electron chi connectivity index (χ0n) is 17.0. The second kappa shape index (κ2) is 7.91. The van der Waals surface area contributed by atoms with Crippen molar-refractivity contribution in [3.63, 3.8) is 0 Å². The minimum atomic E-state index is -0.321. The highest BCUT2D eigenvalue weighted by Crippen LogP contribution is 2.33. The van der Waals surface area contributed by atoms with Gasteiger partial charge in [-0.05, 0) is 61.9 Å². The Hall–Kier alpha value is -3.41. The van der Waals surface area contributed by atoms with Crippen molar-refractivity contribution in [1.29, 1.82) is 0 Å². The summed E-state index contributed by atoms with van der Waals surface area (Å²) in [4.78, 5) is 9.20. The summed E-state index contributed by atoms with van der Waals surface area (Å²) >= 11 is 0. The van der Waals surface area contributed by atoms with E-state index in [2.05, 4.69) is 43.0 Å². The molecule has 0 bridgehead atoms. The van der Waals surface area contributed by atoms with E-state index in [0.29, 0.717) is 11.4 Å². The van der Waals surface area contributed by atoms with Crippen LogP contribution >= 0.6 is 0 Å². The molecule has 2 N–H and O–H groups in total. The van der Waals surface area contributed by atoms with E-state index in [9.17, 15) is 0 Å². The second-order valence-corrected chi connectivity index (χ2v) is 6.86. The molecular weight excluding hydrogens is 364 g/mol. The lowest BCUT2D eigenvalue weighted by Crippen LogP contribution is -2.43. The summed E-state index contributed by atoms with van der Waals surface area (Å²) in [5, 5.41) is 0.808. The number of ether oxygens (including phenoxy) is 1. The molecule has 0 spiro atoms. The summed E-state index contributed by atoms with van der Waals surface area (Å²) in [7, 11) is 1.66. The average Bonchev–Trinajstić information content (AvgIpc) is 3.24. The van der Waals surface area contributed by atoms with Crippen molar-refractivity contribution < 1.29 is 9.15 Å². The van der Waals surface area contributed by atoms with Crippen molar-refractivity contribution in [3.05, 3.63) is 77.2 Å². The fourth-order valence-corrected chi connectivity index (χ4v) is 3.72. The van der Waals surface area contributed by atoms with Crippen molar-refractivity contribution in [2.24, 2.45) is 10.7 Å². The Kier molecular flexibility index (Phi) is 5.16. The zero-order chi connectivity index (χ0) is 20.4. The molecule has 1 aliphatic heterocycles. The van der Waals surface area contributed by atoms with Crippen LogP contribution in [-0.2, 0) is 0 Å². The molecule has 0 amide bonds. The number of nitrogens with two attached hydrogens (primary N) is 1. The van der Waals surface area contributed by atoms with E-state index in [0.717, 1.165) is 35.3 Å². The van der Waals surface area contributed by atoms with Gasteiger partial charge in [-0.1, -0.05) is 12.1 Å². The first-order chi connectivity index (χ1) is 14.2. The molecular formula is C23H26N4O2. The highest BCUT2D eigenvalue weighted by atomic mass is 16.5. The molecule has 1 aromatic heterocycles. The Morgan fingerprint density at radius 1 is 1.03 bits per heavy atom. The van der Waals surface area contributed by atoms with Crippen LogP contribution in [0.5, 0.6) is 5.75 Å². The third-order valence-electron chi connectivity index (χ3n) is 5.33. The number of hydrogen-bond acceptors (Lipinski definition) is 6. The molecule has 2 heterocycles. The molecule has 0 fully saturated rings. The fourth-order valence-electron chi connectivity index (χ4n) is 3.72. The largest absolute Gasteiger partial charge is 0.497 e.